The van der Waals surface area contributed by atoms with Crippen molar-refractivity contribution in [2.24, 2.45) is 0 Å². The Kier molecular flexibility index (Phi) is 2.66. The molecule has 4 nitrogen and oxygen atoms in total. The molecule has 0 amide bonds. The number of morpholine rings is 1. The summed E-state index contributed by atoms with van der Waals surface area (Å²) < 4.78 is 9.26. The van der Waals surface area contributed by atoms with Crippen LogP contribution in [0.2, 0.25) is 5.28 Å². The molecule has 13 heavy (non-hydrogen) atoms. The van der Waals surface area contributed by atoms with E-state index in [1.54, 1.807) is 0 Å². The highest BCUT2D eigenvalue weighted by molar-refractivity contribution is 7.10. The Morgan fingerprint density at radius 1 is 1.69 bits per heavy atom. The van der Waals surface area contributed by atoms with Crippen molar-refractivity contribution < 1.29 is 4.74 Å². The van der Waals surface area contributed by atoms with Crippen LogP contribution >= 0.6 is 23.1 Å². The Morgan fingerprint density at radius 2 is 2.54 bits per heavy atom. The predicted molar refractivity (Wildman–Crippen MR) is 52.5 cm³/mol. The van der Waals surface area contributed by atoms with Gasteiger partial charge in [0.25, 0.3) is 0 Å². The van der Waals surface area contributed by atoms with Crippen molar-refractivity contribution in [1.29, 1.82) is 0 Å². The summed E-state index contributed by atoms with van der Waals surface area (Å²) >= 11 is 6.99. The average molecular weight is 220 g/mol. The third-order valence-corrected chi connectivity index (χ3v) is 3.03. The summed E-state index contributed by atoms with van der Waals surface area (Å²) in [7, 11) is 0. The Hall–Kier alpha value is -0.390. The van der Waals surface area contributed by atoms with E-state index in [0.717, 1.165) is 24.9 Å². The third-order valence-electron chi connectivity index (χ3n) is 2.00. The maximum Gasteiger partial charge on any atom is 0.236 e. The molecule has 0 saturated carbocycles. The van der Waals surface area contributed by atoms with Gasteiger partial charge in [-0.2, -0.15) is 9.36 Å². The summed E-state index contributed by atoms with van der Waals surface area (Å²) in [5.74, 6) is 0. The van der Waals surface area contributed by atoms with Gasteiger partial charge in [-0.25, -0.2) is 0 Å². The van der Waals surface area contributed by atoms with Crippen molar-refractivity contribution in [2.45, 2.75) is 13.0 Å². The quantitative estimate of drug-likeness (QED) is 0.716. The largest absolute Gasteiger partial charge is 0.377 e. The third kappa shape index (κ3) is 1.92. The van der Waals surface area contributed by atoms with Gasteiger partial charge >= 0.3 is 0 Å². The molecular weight excluding hydrogens is 210 g/mol. The summed E-state index contributed by atoms with van der Waals surface area (Å²) in [5.41, 5.74) is 0. The van der Waals surface area contributed by atoms with Gasteiger partial charge in [0.05, 0.1) is 19.3 Å². The number of rotatable bonds is 1. The number of ether oxygens (including phenoxy) is 1. The predicted octanol–water partition coefficient (Wildman–Crippen LogP) is 1.42. The van der Waals surface area contributed by atoms with Gasteiger partial charge in [0, 0.05) is 18.1 Å². The molecule has 1 aromatic rings. The SMILES string of the molecule is CC1COCCN1c1nc(Cl)ns1. The first-order valence-corrected chi connectivity index (χ1v) is 5.26. The number of anilines is 1. The first kappa shape index (κ1) is 9.18. The van der Waals surface area contributed by atoms with E-state index in [9.17, 15) is 0 Å². The first-order valence-electron chi connectivity index (χ1n) is 4.11. The minimum absolute atomic E-state index is 0.332. The molecule has 0 bridgehead atoms. The molecule has 0 aliphatic carbocycles. The van der Waals surface area contributed by atoms with E-state index in [1.165, 1.54) is 11.5 Å². The molecule has 1 aliphatic heterocycles. The lowest BCUT2D eigenvalue weighted by molar-refractivity contribution is 0.0989. The maximum atomic E-state index is 5.66. The van der Waals surface area contributed by atoms with E-state index < -0.39 is 0 Å². The fourth-order valence-corrected chi connectivity index (χ4v) is 2.26. The zero-order chi connectivity index (χ0) is 9.26. The zero-order valence-corrected chi connectivity index (χ0v) is 8.81. The molecule has 1 fully saturated rings. The molecule has 1 atom stereocenters. The summed E-state index contributed by atoms with van der Waals surface area (Å²) in [4.78, 5) is 6.30. The molecule has 0 radical (unpaired) electrons. The van der Waals surface area contributed by atoms with Crippen LogP contribution in [0.1, 0.15) is 6.92 Å². The normalized spacial score (nSPS) is 23.5. The molecule has 0 spiro atoms. The van der Waals surface area contributed by atoms with Crippen LogP contribution in [0.3, 0.4) is 0 Å². The molecule has 1 saturated heterocycles. The van der Waals surface area contributed by atoms with E-state index in [2.05, 4.69) is 21.2 Å². The van der Waals surface area contributed by atoms with Gasteiger partial charge in [0.2, 0.25) is 10.4 Å². The lowest BCUT2D eigenvalue weighted by Crippen LogP contribution is -2.43. The van der Waals surface area contributed by atoms with E-state index in [-0.39, 0.29) is 0 Å². The molecule has 1 aromatic heterocycles. The Bertz CT molecular complexity index is 293. The van der Waals surface area contributed by atoms with Crippen molar-refractivity contribution in [2.75, 3.05) is 24.7 Å². The highest BCUT2D eigenvalue weighted by Gasteiger charge is 2.21. The summed E-state index contributed by atoms with van der Waals surface area (Å²) in [5, 5.41) is 1.22. The molecule has 72 valence electrons. The van der Waals surface area contributed by atoms with Crippen LogP contribution in [0.25, 0.3) is 0 Å². The zero-order valence-electron chi connectivity index (χ0n) is 7.23. The minimum Gasteiger partial charge on any atom is -0.377 e. The second kappa shape index (κ2) is 3.77. The van der Waals surface area contributed by atoms with Crippen LogP contribution in [0.5, 0.6) is 0 Å². The Balaban J connectivity index is 2.14. The molecule has 0 aromatic carbocycles. The van der Waals surface area contributed by atoms with Gasteiger partial charge in [-0.15, -0.1) is 0 Å². The van der Waals surface area contributed by atoms with E-state index in [0.29, 0.717) is 11.3 Å². The smallest absolute Gasteiger partial charge is 0.236 e. The number of halogens is 1. The molecule has 2 rings (SSSR count). The minimum atomic E-state index is 0.332. The van der Waals surface area contributed by atoms with Gasteiger partial charge in [-0.3, -0.25) is 0 Å². The number of nitrogens with zero attached hydrogens (tertiary/aromatic N) is 3. The van der Waals surface area contributed by atoms with Crippen LogP contribution < -0.4 is 4.90 Å². The number of hydrogen-bond donors (Lipinski definition) is 0. The fraction of sp³-hybridized carbons (Fsp3) is 0.714. The fourth-order valence-electron chi connectivity index (χ4n) is 1.33. The Morgan fingerprint density at radius 3 is 3.15 bits per heavy atom. The molecular formula is C7H10ClN3OS. The van der Waals surface area contributed by atoms with Crippen molar-refractivity contribution in [3.63, 3.8) is 0 Å². The second-order valence-electron chi connectivity index (χ2n) is 2.96. The van der Waals surface area contributed by atoms with Crippen molar-refractivity contribution in [3.8, 4) is 0 Å². The summed E-state index contributed by atoms with van der Waals surface area (Å²) in [6.45, 7) is 4.47. The van der Waals surface area contributed by atoms with E-state index >= 15 is 0 Å². The van der Waals surface area contributed by atoms with Gasteiger partial charge in [0.15, 0.2) is 0 Å². The van der Waals surface area contributed by atoms with Crippen LogP contribution in [0.15, 0.2) is 0 Å². The van der Waals surface area contributed by atoms with Gasteiger partial charge < -0.3 is 9.64 Å². The van der Waals surface area contributed by atoms with Gasteiger partial charge in [-0.1, -0.05) is 0 Å². The van der Waals surface area contributed by atoms with Crippen LogP contribution in [0, 0.1) is 0 Å². The molecule has 1 unspecified atom stereocenters. The highest BCUT2D eigenvalue weighted by atomic mass is 35.5. The standard InChI is InChI=1S/C7H10ClN3OS/c1-5-4-12-3-2-11(5)7-9-6(8)10-13-7/h5H,2-4H2,1H3. The van der Waals surface area contributed by atoms with Gasteiger partial charge in [0.1, 0.15) is 0 Å². The average Bonchev–Trinajstić information content (AvgIpc) is 2.53. The van der Waals surface area contributed by atoms with Crippen molar-refractivity contribution >= 4 is 28.3 Å². The van der Waals surface area contributed by atoms with Crippen molar-refractivity contribution in [1.82, 2.24) is 9.36 Å². The summed E-state index contributed by atoms with van der Waals surface area (Å²) in [6.07, 6.45) is 0. The van der Waals surface area contributed by atoms with Gasteiger partial charge in [-0.05, 0) is 18.5 Å². The topological polar surface area (TPSA) is 38.2 Å². The highest BCUT2D eigenvalue weighted by Crippen LogP contribution is 2.23. The lowest BCUT2D eigenvalue weighted by Gasteiger charge is -2.32. The maximum absolute atomic E-state index is 5.66. The lowest BCUT2D eigenvalue weighted by atomic mass is 10.3. The second-order valence-corrected chi connectivity index (χ2v) is 4.03. The molecule has 6 heteroatoms. The monoisotopic (exact) mass is 219 g/mol. The first-order chi connectivity index (χ1) is 6.27. The van der Waals surface area contributed by atoms with Crippen LogP contribution in [-0.2, 0) is 4.74 Å². The molecule has 0 N–H and O–H groups in total. The molecule has 2 heterocycles. The van der Waals surface area contributed by atoms with E-state index in [4.69, 9.17) is 16.3 Å². The summed E-state index contributed by atoms with van der Waals surface area (Å²) in [6, 6.07) is 0.359. The van der Waals surface area contributed by atoms with E-state index in [1.807, 2.05) is 0 Å². The van der Waals surface area contributed by atoms with Crippen LogP contribution in [0.4, 0.5) is 5.13 Å². The van der Waals surface area contributed by atoms with Crippen molar-refractivity contribution in [3.05, 3.63) is 5.28 Å². The molecule has 1 aliphatic rings. The number of hydrogen-bond acceptors (Lipinski definition) is 5. The van der Waals surface area contributed by atoms with Crippen LogP contribution in [-0.4, -0.2) is 35.2 Å². The Labute approximate surface area is 85.6 Å². The number of aromatic nitrogens is 2.